The third-order valence-corrected chi connectivity index (χ3v) is 4.84. The van der Waals surface area contributed by atoms with Gasteiger partial charge in [0.1, 0.15) is 11.3 Å². The first-order chi connectivity index (χ1) is 13.1. The minimum atomic E-state index is -5.08. The van der Waals surface area contributed by atoms with Gasteiger partial charge in [-0.2, -0.15) is 13.2 Å². The summed E-state index contributed by atoms with van der Waals surface area (Å²) in [6.07, 6.45) is 1.24. The fourth-order valence-electron chi connectivity index (χ4n) is 2.96. The third-order valence-electron chi connectivity index (χ3n) is 4.58. The lowest BCUT2D eigenvalue weighted by Crippen LogP contribution is -2.39. The predicted octanol–water partition coefficient (Wildman–Crippen LogP) is 3.68. The Morgan fingerprint density at radius 2 is 1.79 bits per heavy atom. The van der Waals surface area contributed by atoms with Gasteiger partial charge in [0.15, 0.2) is 5.15 Å². The first-order valence-electron chi connectivity index (χ1n) is 8.52. The molecular formula is C17H16ClF4N3O3. The Morgan fingerprint density at radius 1 is 1.25 bits per heavy atom. The number of hydrogen-bond acceptors (Lipinski definition) is 3. The molecule has 1 amide bonds. The Bertz CT molecular complexity index is 895. The van der Waals surface area contributed by atoms with Crippen molar-refractivity contribution < 1.29 is 32.3 Å². The van der Waals surface area contributed by atoms with Gasteiger partial charge in [-0.1, -0.05) is 11.6 Å². The van der Waals surface area contributed by atoms with Crippen LogP contribution < -0.4 is 5.32 Å². The lowest BCUT2D eigenvalue weighted by molar-refractivity contribution is -0.192. The van der Waals surface area contributed by atoms with E-state index in [1.54, 1.807) is 6.20 Å². The van der Waals surface area contributed by atoms with Crippen LogP contribution in [0.1, 0.15) is 36.3 Å². The van der Waals surface area contributed by atoms with Crippen molar-refractivity contribution in [3.63, 3.8) is 0 Å². The number of nitrogens with one attached hydrogen (secondary N) is 1. The summed E-state index contributed by atoms with van der Waals surface area (Å²) in [6.45, 7) is 0. The van der Waals surface area contributed by atoms with Crippen LogP contribution >= 0.6 is 11.6 Å². The molecule has 0 atom stereocenters. The van der Waals surface area contributed by atoms with Crippen molar-refractivity contribution in [1.29, 1.82) is 0 Å². The number of pyridine rings is 1. The SMILES string of the molecule is O=C(NC(C1CC1)C1CC1)c1nc(Cl)c2c(F)cccn12.O=C(O)C(F)(F)F. The van der Waals surface area contributed by atoms with Crippen molar-refractivity contribution in [2.45, 2.75) is 37.9 Å². The van der Waals surface area contributed by atoms with Gasteiger partial charge in [-0.05, 0) is 49.7 Å². The summed E-state index contributed by atoms with van der Waals surface area (Å²) in [5.41, 5.74) is 0.152. The Morgan fingerprint density at radius 3 is 2.25 bits per heavy atom. The second kappa shape index (κ2) is 7.57. The standard InChI is InChI=1S/C15H15ClFN3O.C2HF3O2/c16-13-12-10(17)2-1-7-20(12)14(19-13)15(21)18-11(8-3-4-8)9-5-6-9;3-2(4,5)1(6)7/h1-2,7-9,11H,3-6H2,(H,18,21);(H,6,7). The monoisotopic (exact) mass is 421 g/mol. The number of halogens is 5. The average Bonchev–Trinajstić information content (AvgIpc) is 3.51. The van der Waals surface area contributed by atoms with E-state index in [4.69, 9.17) is 21.5 Å². The summed E-state index contributed by atoms with van der Waals surface area (Å²) in [5, 5.41) is 10.2. The van der Waals surface area contributed by atoms with E-state index < -0.39 is 18.0 Å². The summed E-state index contributed by atoms with van der Waals surface area (Å²) < 4.78 is 46.9. The zero-order chi connectivity index (χ0) is 20.6. The largest absolute Gasteiger partial charge is 0.490 e. The number of carbonyl (C=O) groups is 2. The molecule has 2 N–H and O–H groups in total. The molecule has 0 saturated heterocycles. The maximum Gasteiger partial charge on any atom is 0.490 e. The van der Waals surface area contributed by atoms with E-state index in [0.717, 1.165) is 0 Å². The van der Waals surface area contributed by atoms with Crippen LogP contribution in [0.25, 0.3) is 5.52 Å². The van der Waals surface area contributed by atoms with Gasteiger partial charge in [0.2, 0.25) is 5.82 Å². The highest BCUT2D eigenvalue weighted by molar-refractivity contribution is 6.33. The summed E-state index contributed by atoms with van der Waals surface area (Å²) in [5.74, 6) is -2.16. The van der Waals surface area contributed by atoms with E-state index in [0.29, 0.717) is 11.8 Å². The maximum absolute atomic E-state index is 13.8. The van der Waals surface area contributed by atoms with Gasteiger partial charge in [-0.25, -0.2) is 14.2 Å². The highest BCUT2D eigenvalue weighted by atomic mass is 35.5. The van der Waals surface area contributed by atoms with Crippen molar-refractivity contribution in [1.82, 2.24) is 14.7 Å². The second-order valence-electron chi connectivity index (χ2n) is 6.78. The number of carboxylic acids is 1. The van der Waals surface area contributed by atoms with E-state index in [2.05, 4.69) is 10.3 Å². The fraction of sp³-hybridized carbons (Fsp3) is 0.471. The molecule has 2 aliphatic rings. The van der Waals surface area contributed by atoms with Crippen molar-refractivity contribution in [3.8, 4) is 0 Å². The van der Waals surface area contributed by atoms with Gasteiger partial charge in [0, 0.05) is 12.2 Å². The Balaban J connectivity index is 0.000000279. The Hall–Kier alpha value is -2.36. The molecule has 11 heteroatoms. The number of amides is 1. The number of aromatic nitrogens is 2. The van der Waals surface area contributed by atoms with Crippen LogP contribution in [0.2, 0.25) is 5.15 Å². The zero-order valence-corrected chi connectivity index (χ0v) is 15.1. The summed E-state index contributed by atoms with van der Waals surface area (Å²) in [7, 11) is 0. The highest BCUT2D eigenvalue weighted by Gasteiger charge is 2.42. The van der Waals surface area contributed by atoms with Crippen molar-refractivity contribution >= 4 is 29.0 Å². The van der Waals surface area contributed by atoms with Crippen molar-refractivity contribution in [3.05, 3.63) is 35.1 Å². The number of carboxylic acid groups (broad SMARTS) is 1. The summed E-state index contributed by atoms with van der Waals surface area (Å²) in [4.78, 5) is 25.4. The minimum Gasteiger partial charge on any atom is -0.475 e. The number of nitrogens with zero attached hydrogens (tertiary/aromatic N) is 2. The van der Waals surface area contributed by atoms with Crippen LogP contribution in [0.3, 0.4) is 0 Å². The molecule has 2 aromatic heterocycles. The molecule has 2 heterocycles. The summed E-state index contributed by atoms with van der Waals surface area (Å²) >= 11 is 5.96. The molecule has 0 aromatic carbocycles. The topological polar surface area (TPSA) is 83.7 Å². The van der Waals surface area contributed by atoms with Gasteiger partial charge < -0.3 is 10.4 Å². The van der Waals surface area contributed by atoms with Gasteiger partial charge in [0.25, 0.3) is 5.91 Å². The number of aliphatic carboxylic acids is 1. The first kappa shape index (κ1) is 20.4. The molecule has 2 fully saturated rings. The van der Waals surface area contributed by atoms with Gasteiger partial charge in [-0.15, -0.1) is 0 Å². The highest BCUT2D eigenvalue weighted by Crippen LogP contribution is 2.44. The van der Waals surface area contributed by atoms with Crippen LogP contribution in [0.5, 0.6) is 0 Å². The number of alkyl halides is 3. The predicted molar refractivity (Wildman–Crippen MR) is 90.6 cm³/mol. The second-order valence-corrected chi connectivity index (χ2v) is 7.14. The molecule has 0 aliphatic heterocycles. The molecule has 152 valence electrons. The maximum atomic E-state index is 13.8. The number of hydrogen-bond donors (Lipinski definition) is 2. The third kappa shape index (κ3) is 4.54. The molecule has 28 heavy (non-hydrogen) atoms. The first-order valence-corrected chi connectivity index (χ1v) is 8.90. The molecule has 6 nitrogen and oxygen atoms in total. The van der Waals surface area contributed by atoms with Gasteiger partial charge in [-0.3, -0.25) is 9.20 Å². The normalized spacial score (nSPS) is 16.6. The fourth-order valence-corrected chi connectivity index (χ4v) is 3.23. The van der Waals surface area contributed by atoms with Crippen LogP contribution in [0.15, 0.2) is 18.3 Å². The minimum absolute atomic E-state index is 0.0210. The number of carbonyl (C=O) groups excluding carboxylic acids is 1. The summed E-state index contributed by atoms with van der Waals surface area (Å²) in [6, 6.07) is 3.08. The Kier molecular flexibility index (Phi) is 5.51. The lowest BCUT2D eigenvalue weighted by Gasteiger charge is -2.16. The van der Waals surface area contributed by atoms with Crippen LogP contribution in [0.4, 0.5) is 17.6 Å². The van der Waals surface area contributed by atoms with Crippen LogP contribution in [0, 0.1) is 17.7 Å². The molecule has 2 saturated carbocycles. The molecular weight excluding hydrogens is 406 g/mol. The van der Waals surface area contributed by atoms with E-state index in [1.165, 1.54) is 42.2 Å². The van der Waals surface area contributed by atoms with Crippen LogP contribution in [-0.4, -0.2) is 38.6 Å². The van der Waals surface area contributed by atoms with Crippen molar-refractivity contribution in [2.75, 3.05) is 0 Å². The number of imidazole rings is 1. The van der Waals surface area contributed by atoms with Crippen molar-refractivity contribution in [2.24, 2.45) is 11.8 Å². The molecule has 0 spiro atoms. The number of rotatable bonds is 4. The quantitative estimate of drug-likeness (QED) is 0.738. The molecule has 2 aliphatic carbocycles. The van der Waals surface area contributed by atoms with Crippen LogP contribution in [-0.2, 0) is 4.79 Å². The van der Waals surface area contributed by atoms with Gasteiger partial charge >= 0.3 is 12.1 Å². The average molecular weight is 422 g/mol. The molecule has 4 rings (SSSR count). The van der Waals surface area contributed by atoms with E-state index in [-0.39, 0.29) is 28.4 Å². The van der Waals surface area contributed by atoms with E-state index in [1.807, 2.05) is 0 Å². The van der Waals surface area contributed by atoms with E-state index >= 15 is 0 Å². The zero-order valence-electron chi connectivity index (χ0n) is 14.3. The van der Waals surface area contributed by atoms with E-state index in [9.17, 15) is 22.4 Å². The lowest BCUT2D eigenvalue weighted by atomic mass is 10.1. The van der Waals surface area contributed by atoms with Gasteiger partial charge in [0.05, 0.1) is 0 Å². The number of fused-ring (bicyclic) bond motifs is 1. The smallest absolute Gasteiger partial charge is 0.475 e. The molecule has 0 unspecified atom stereocenters. The molecule has 0 bridgehead atoms. The molecule has 0 radical (unpaired) electrons. The Labute approximate surface area is 161 Å². The molecule has 2 aromatic rings.